The van der Waals surface area contributed by atoms with E-state index in [4.69, 9.17) is 0 Å². The Balaban J connectivity index is 1.98. The number of benzene rings is 1. The molecule has 0 aromatic heterocycles. The van der Waals surface area contributed by atoms with Gasteiger partial charge >= 0.3 is 0 Å². The molecule has 1 aliphatic heterocycles. The summed E-state index contributed by atoms with van der Waals surface area (Å²) in [4.78, 5) is 2.59. The first-order valence-electron chi connectivity index (χ1n) is 7.38. The van der Waals surface area contributed by atoms with Gasteiger partial charge in [-0.1, -0.05) is 41.9 Å². The fraction of sp³-hybridized carbons (Fsp3) is 0.625. The van der Waals surface area contributed by atoms with E-state index in [0.29, 0.717) is 12.1 Å². The fourth-order valence-electron chi connectivity index (χ4n) is 2.37. The molecule has 0 bridgehead atoms. The molecule has 1 atom stereocenters. The van der Waals surface area contributed by atoms with Crippen molar-refractivity contribution in [3.05, 3.63) is 33.8 Å². The molecule has 0 radical (unpaired) electrons. The van der Waals surface area contributed by atoms with Crippen molar-refractivity contribution < 1.29 is 0 Å². The molecule has 4 heteroatoms. The molecule has 112 valence electrons. The summed E-state index contributed by atoms with van der Waals surface area (Å²) in [5.74, 6) is 2.52. The monoisotopic (exact) mass is 356 g/mol. The summed E-state index contributed by atoms with van der Waals surface area (Å²) in [6, 6.07) is 7.99. The maximum atomic E-state index is 3.74. The van der Waals surface area contributed by atoms with Gasteiger partial charge in [-0.3, -0.25) is 4.90 Å². The van der Waals surface area contributed by atoms with E-state index in [1.54, 1.807) is 0 Å². The molecule has 1 saturated heterocycles. The van der Waals surface area contributed by atoms with Gasteiger partial charge in [-0.15, -0.1) is 0 Å². The van der Waals surface area contributed by atoms with Gasteiger partial charge in [0, 0.05) is 47.7 Å². The lowest BCUT2D eigenvalue weighted by Gasteiger charge is -2.33. The number of nitrogens with one attached hydrogen (secondary N) is 1. The topological polar surface area (TPSA) is 15.3 Å². The predicted octanol–water partition coefficient (Wildman–Crippen LogP) is 3.88. The second-order valence-electron chi connectivity index (χ2n) is 5.86. The number of thioether (sulfide) groups is 1. The zero-order chi connectivity index (χ0) is 14.5. The van der Waals surface area contributed by atoms with Crippen molar-refractivity contribution >= 4 is 27.7 Å². The van der Waals surface area contributed by atoms with Crippen LogP contribution < -0.4 is 5.32 Å². The highest BCUT2D eigenvalue weighted by Crippen LogP contribution is 2.24. The van der Waals surface area contributed by atoms with Gasteiger partial charge < -0.3 is 5.32 Å². The number of hydrogen-bond acceptors (Lipinski definition) is 3. The van der Waals surface area contributed by atoms with E-state index in [1.807, 2.05) is 0 Å². The highest BCUT2D eigenvalue weighted by atomic mass is 79.9. The van der Waals surface area contributed by atoms with Crippen LogP contribution in [0.1, 0.15) is 31.9 Å². The Hall–Kier alpha value is -0.0300. The fourth-order valence-corrected chi connectivity index (χ4v) is 4.00. The number of rotatable bonds is 5. The normalized spacial score (nSPS) is 20.6. The third kappa shape index (κ3) is 4.76. The molecular weight excluding hydrogens is 332 g/mol. The molecule has 1 aromatic carbocycles. The first-order valence-corrected chi connectivity index (χ1v) is 9.33. The van der Waals surface area contributed by atoms with Crippen molar-refractivity contribution in [1.29, 1.82) is 0 Å². The lowest BCUT2D eigenvalue weighted by atomic mass is 10.1. The maximum Gasteiger partial charge on any atom is 0.0248 e. The largest absolute Gasteiger partial charge is 0.310 e. The van der Waals surface area contributed by atoms with E-state index < -0.39 is 0 Å². The summed E-state index contributed by atoms with van der Waals surface area (Å²) in [6.07, 6.45) is 0. The van der Waals surface area contributed by atoms with Gasteiger partial charge in [-0.05, 0) is 24.1 Å². The quantitative estimate of drug-likeness (QED) is 0.861. The van der Waals surface area contributed by atoms with Gasteiger partial charge in [0.15, 0.2) is 0 Å². The molecule has 1 heterocycles. The van der Waals surface area contributed by atoms with Crippen LogP contribution in [0.2, 0.25) is 0 Å². The van der Waals surface area contributed by atoms with Gasteiger partial charge in [-0.25, -0.2) is 0 Å². The van der Waals surface area contributed by atoms with Crippen LogP contribution >= 0.6 is 27.7 Å². The summed E-state index contributed by atoms with van der Waals surface area (Å²) >= 11 is 5.81. The Labute approximate surface area is 135 Å². The van der Waals surface area contributed by atoms with E-state index in [1.165, 1.54) is 33.7 Å². The Kier molecular flexibility index (Phi) is 6.40. The lowest BCUT2D eigenvalue weighted by molar-refractivity contribution is 0.223. The minimum atomic E-state index is 0.528. The van der Waals surface area contributed by atoms with Crippen molar-refractivity contribution in [1.82, 2.24) is 10.2 Å². The molecular formula is C16H25BrN2S. The Morgan fingerprint density at radius 2 is 2.25 bits per heavy atom. The van der Waals surface area contributed by atoms with E-state index in [-0.39, 0.29) is 0 Å². The summed E-state index contributed by atoms with van der Waals surface area (Å²) < 4.78 is 1.24. The summed E-state index contributed by atoms with van der Waals surface area (Å²) in [5.41, 5.74) is 2.74. The molecule has 0 amide bonds. The molecule has 1 aliphatic rings. The zero-order valence-corrected chi connectivity index (χ0v) is 15.1. The van der Waals surface area contributed by atoms with Crippen molar-refractivity contribution in [3.63, 3.8) is 0 Å². The summed E-state index contributed by atoms with van der Waals surface area (Å²) in [6.45, 7) is 9.89. The number of halogens is 1. The average Bonchev–Trinajstić information content (AvgIpc) is 2.41. The highest BCUT2D eigenvalue weighted by molar-refractivity contribution is 9.10. The highest BCUT2D eigenvalue weighted by Gasteiger charge is 2.19. The van der Waals surface area contributed by atoms with Gasteiger partial charge in [-0.2, -0.15) is 11.8 Å². The molecule has 1 fully saturated rings. The SMILES string of the molecule is CC(C)NCc1ccc(CN2CCSCC2C)c(Br)c1. The molecule has 20 heavy (non-hydrogen) atoms. The van der Waals surface area contributed by atoms with Crippen molar-refractivity contribution in [2.45, 2.75) is 45.9 Å². The van der Waals surface area contributed by atoms with Crippen LogP contribution in [0.25, 0.3) is 0 Å². The van der Waals surface area contributed by atoms with E-state index >= 15 is 0 Å². The van der Waals surface area contributed by atoms with Gasteiger partial charge in [0.05, 0.1) is 0 Å². The first kappa shape index (κ1) is 16.3. The van der Waals surface area contributed by atoms with E-state index in [2.05, 4.69) is 76.9 Å². The van der Waals surface area contributed by atoms with Gasteiger partial charge in [0.25, 0.3) is 0 Å². The first-order chi connectivity index (χ1) is 9.56. The Morgan fingerprint density at radius 1 is 1.45 bits per heavy atom. The second-order valence-corrected chi connectivity index (χ2v) is 7.86. The lowest BCUT2D eigenvalue weighted by Crippen LogP contribution is -2.39. The van der Waals surface area contributed by atoms with Gasteiger partial charge in [0.2, 0.25) is 0 Å². The zero-order valence-electron chi connectivity index (χ0n) is 12.7. The molecule has 1 aromatic rings. The summed E-state index contributed by atoms with van der Waals surface area (Å²) in [7, 11) is 0. The molecule has 0 saturated carbocycles. The Morgan fingerprint density at radius 3 is 2.90 bits per heavy atom. The molecule has 1 N–H and O–H groups in total. The smallest absolute Gasteiger partial charge is 0.0248 e. The third-order valence-corrected chi connectivity index (χ3v) is 5.64. The van der Waals surface area contributed by atoms with Crippen LogP contribution in [0, 0.1) is 0 Å². The van der Waals surface area contributed by atoms with Crippen molar-refractivity contribution in [2.24, 2.45) is 0 Å². The van der Waals surface area contributed by atoms with Crippen molar-refractivity contribution in [2.75, 3.05) is 18.1 Å². The molecule has 1 unspecified atom stereocenters. The van der Waals surface area contributed by atoms with Crippen LogP contribution in [-0.2, 0) is 13.1 Å². The Bertz CT molecular complexity index is 436. The molecule has 2 nitrogen and oxygen atoms in total. The van der Waals surface area contributed by atoms with Crippen LogP contribution in [0.4, 0.5) is 0 Å². The maximum absolute atomic E-state index is 3.74. The van der Waals surface area contributed by atoms with Crippen LogP contribution in [0.3, 0.4) is 0 Å². The minimum absolute atomic E-state index is 0.528. The molecule has 0 aliphatic carbocycles. The number of nitrogens with zero attached hydrogens (tertiary/aromatic N) is 1. The number of hydrogen-bond donors (Lipinski definition) is 1. The van der Waals surface area contributed by atoms with Crippen molar-refractivity contribution in [3.8, 4) is 0 Å². The minimum Gasteiger partial charge on any atom is -0.310 e. The average molecular weight is 357 g/mol. The van der Waals surface area contributed by atoms with E-state index in [0.717, 1.165) is 13.1 Å². The van der Waals surface area contributed by atoms with E-state index in [9.17, 15) is 0 Å². The second kappa shape index (κ2) is 7.83. The van der Waals surface area contributed by atoms with Crippen LogP contribution in [0.15, 0.2) is 22.7 Å². The van der Waals surface area contributed by atoms with Gasteiger partial charge in [0.1, 0.15) is 0 Å². The predicted molar refractivity (Wildman–Crippen MR) is 93.3 cm³/mol. The molecule has 0 spiro atoms. The molecule has 2 rings (SSSR count). The third-order valence-electron chi connectivity index (χ3n) is 3.71. The summed E-state index contributed by atoms with van der Waals surface area (Å²) in [5, 5.41) is 3.46. The van der Waals surface area contributed by atoms with Crippen LogP contribution in [-0.4, -0.2) is 35.0 Å². The standard InChI is InChI=1S/C16H25BrN2S/c1-12(2)18-9-14-4-5-15(16(17)8-14)10-19-6-7-20-11-13(19)3/h4-5,8,12-13,18H,6-7,9-11H2,1-3H3. The van der Waals surface area contributed by atoms with Crippen LogP contribution in [0.5, 0.6) is 0 Å².